The number of carbonyl (C=O) groups excluding carboxylic acids is 2. The highest BCUT2D eigenvalue weighted by Crippen LogP contribution is 2.41. The minimum atomic E-state index is -2.07. The Hall–Kier alpha value is -4.01. The molecule has 1 aliphatic heterocycles. The molecular formula is C33H35BrFN5O3Si. The van der Waals surface area contributed by atoms with Crippen LogP contribution < -0.4 is 14.6 Å². The predicted octanol–water partition coefficient (Wildman–Crippen LogP) is 6.71. The Labute approximate surface area is 266 Å². The van der Waals surface area contributed by atoms with Gasteiger partial charge in [-0.2, -0.15) is 5.26 Å². The van der Waals surface area contributed by atoms with Gasteiger partial charge in [-0.1, -0.05) is 39.0 Å². The monoisotopic (exact) mass is 675 g/mol. The number of amides is 2. The van der Waals surface area contributed by atoms with Crippen LogP contribution >= 0.6 is 15.9 Å². The molecule has 1 atom stereocenters. The molecular weight excluding hydrogens is 641 g/mol. The molecule has 0 saturated carbocycles. The highest BCUT2D eigenvalue weighted by Gasteiger charge is 2.39. The molecule has 8 nitrogen and oxygen atoms in total. The van der Waals surface area contributed by atoms with Crippen molar-refractivity contribution in [1.82, 2.24) is 14.9 Å². The molecule has 1 fully saturated rings. The van der Waals surface area contributed by atoms with E-state index in [2.05, 4.69) is 60.1 Å². The number of nitriles is 1. The van der Waals surface area contributed by atoms with Crippen LogP contribution in [0.1, 0.15) is 44.0 Å². The van der Waals surface area contributed by atoms with Crippen molar-refractivity contribution < 1.29 is 18.4 Å². The van der Waals surface area contributed by atoms with E-state index in [-0.39, 0.29) is 35.4 Å². The number of nitrogens with zero attached hydrogens (tertiary/aromatic N) is 4. The number of hydrogen-bond acceptors (Lipinski definition) is 5. The number of imidazole rings is 1. The molecule has 44 heavy (non-hydrogen) atoms. The van der Waals surface area contributed by atoms with Gasteiger partial charge in [0.2, 0.25) is 20.1 Å². The molecule has 2 heterocycles. The normalized spacial score (nSPS) is 15.5. The summed E-state index contributed by atoms with van der Waals surface area (Å²) < 4.78 is 23.2. The maximum absolute atomic E-state index is 14.1. The van der Waals surface area contributed by atoms with Gasteiger partial charge in [-0.05, 0) is 81.8 Å². The average molecular weight is 677 g/mol. The second kappa shape index (κ2) is 12.2. The van der Waals surface area contributed by atoms with Crippen LogP contribution in [0.3, 0.4) is 0 Å². The van der Waals surface area contributed by atoms with Crippen LogP contribution in [-0.2, 0) is 22.6 Å². The van der Waals surface area contributed by atoms with E-state index in [0.717, 1.165) is 26.7 Å². The first-order valence-corrected chi connectivity index (χ1v) is 18.2. The van der Waals surface area contributed by atoms with Crippen LogP contribution in [0.4, 0.5) is 10.1 Å². The number of fused-ring (bicyclic) bond motifs is 1. The van der Waals surface area contributed by atoms with Crippen molar-refractivity contribution in [2.24, 2.45) is 0 Å². The van der Waals surface area contributed by atoms with E-state index in [0.29, 0.717) is 24.2 Å². The summed E-state index contributed by atoms with van der Waals surface area (Å²) in [5.41, 5.74) is 2.00. The van der Waals surface area contributed by atoms with Crippen molar-refractivity contribution in [1.29, 1.82) is 5.26 Å². The fourth-order valence-electron chi connectivity index (χ4n) is 5.07. The second-order valence-electron chi connectivity index (χ2n) is 12.7. The minimum absolute atomic E-state index is 0.00858. The molecule has 0 spiro atoms. The molecule has 5 rings (SSSR count). The molecule has 0 bridgehead atoms. The van der Waals surface area contributed by atoms with Crippen molar-refractivity contribution in [2.75, 3.05) is 11.4 Å². The smallest absolute Gasteiger partial charge is 0.250 e. The van der Waals surface area contributed by atoms with E-state index in [4.69, 9.17) is 9.69 Å². The highest BCUT2D eigenvalue weighted by atomic mass is 79.9. The van der Waals surface area contributed by atoms with E-state index in [1.807, 2.05) is 36.4 Å². The van der Waals surface area contributed by atoms with Crippen LogP contribution in [0.2, 0.25) is 18.1 Å². The fraction of sp³-hybridized carbons (Fsp3) is 0.333. The van der Waals surface area contributed by atoms with Crippen LogP contribution in [0.25, 0.3) is 10.8 Å². The maximum atomic E-state index is 14.1. The zero-order chi connectivity index (χ0) is 31.8. The van der Waals surface area contributed by atoms with Crippen molar-refractivity contribution in [3.05, 3.63) is 88.2 Å². The molecule has 1 unspecified atom stereocenters. The Bertz CT molecular complexity index is 1790. The molecule has 1 aromatic heterocycles. The summed E-state index contributed by atoms with van der Waals surface area (Å²) in [7, 11) is -2.07. The summed E-state index contributed by atoms with van der Waals surface area (Å²) in [5.74, 6) is -0.296. The third kappa shape index (κ3) is 6.42. The van der Waals surface area contributed by atoms with Gasteiger partial charge in [-0.25, -0.2) is 9.37 Å². The molecule has 11 heteroatoms. The maximum Gasteiger partial charge on any atom is 0.250 e. The van der Waals surface area contributed by atoms with Gasteiger partial charge in [0.25, 0.3) is 0 Å². The number of anilines is 1. The van der Waals surface area contributed by atoms with E-state index in [9.17, 15) is 14.0 Å². The molecule has 1 aliphatic rings. The van der Waals surface area contributed by atoms with Crippen molar-refractivity contribution in [3.63, 3.8) is 0 Å². The van der Waals surface area contributed by atoms with Gasteiger partial charge in [-0.15, -0.1) is 0 Å². The predicted molar refractivity (Wildman–Crippen MR) is 175 cm³/mol. The van der Waals surface area contributed by atoms with Crippen LogP contribution in [0, 0.1) is 17.1 Å². The van der Waals surface area contributed by atoms with Gasteiger partial charge in [0, 0.05) is 34.8 Å². The summed E-state index contributed by atoms with van der Waals surface area (Å²) in [4.78, 5) is 32.7. The van der Waals surface area contributed by atoms with Crippen molar-refractivity contribution >= 4 is 52.5 Å². The average Bonchev–Trinajstić information content (AvgIpc) is 3.53. The number of halogens is 2. The first kappa shape index (κ1) is 31.4. The van der Waals surface area contributed by atoms with Crippen molar-refractivity contribution in [3.8, 4) is 11.8 Å². The Morgan fingerprint density at radius 3 is 2.66 bits per heavy atom. The molecule has 1 saturated heterocycles. The third-order valence-corrected chi connectivity index (χ3v) is 13.6. The molecule has 3 aromatic carbocycles. The van der Waals surface area contributed by atoms with E-state index >= 15 is 0 Å². The Kier molecular flexibility index (Phi) is 8.69. The zero-order valence-corrected chi connectivity index (χ0v) is 28.0. The minimum Gasteiger partial charge on any atom is -0.543 e. The molecule has 0 aliphatic carbocycles. The molecule has 4 aromatic rings. The highest BCUT2D eigenvalue weighted by molar-refractivity contribution is 9.10. The Morgan fingerprint density at radius 2 is 1.95 bits per heavy atom. The lowest BCUT2D eigenvalue weighted by Crippen LogP contribution is -2.43. The number of aromatic nitrogens is 2. The van der Waals surface area contributed by atoms with Crippen LogP contribution in [0.15, 0.2) is 65.5 Å². The summed E-state index contributed by atoms with van der Waals surface area (Å²) in [6, 6.07) is 15.5. The summed E-state index contributed by atoms with van der Waals surface area (Å²) in [6.07, 6.45) is 3.63. The lowest BCUT2D eigenvalue weighted by Gasteiger charge is -2.36. The van der Waals surface area contributed by atoms with Crippen LogP contribution in [-0.4, -0.2) is 42.3 Å². The quantitative estimate of drug-likeness (QED) is 0.209. The van der Waals surface area contributed by atoms with Gasteiger partial charge in [0.15, 0.2) is 0 Å². The lowest BCUT2D eigenvalue weighted by atomic mass is 10.1. The topological polar surface area (TPSA) is 100 Å². The Balaban J connectivity index is 1.30. The molecule has 0 radical (unpaired) electrons. The van der Waals surface area contributed by atoms with E-state index < -0.39 is 20.2 Å². The number of carbonyl (C=O) groups is 2. The largest absolute Gasteiger partial charge is 0.543 e. The van der Waals surface area contributed by atoms with Crippen LogP contribution in [0.5, 0.6) is 5.75 Å². The first-order valence-electron chi connectivity index (χ1n) is 14.5. The first-order chi connectivity index (χ1) is 20.8. The zero-order valence-electron chi connectivity index (χ0n) is 25.4. The van der Waals surface area contributed by atoms with Crippen molar-refractivity contribution in [2.45, 2.75) is 64.3 Å². The SMILES string of the molecule is CC(C)(C)[Si](C)(C)Oc1ccc2ccc(Br)c(N3CCC(NC(=O)Cc4cncn4Cc4ccc(C#N)c(F)c4)C3=O)c2c1. The second-order valence-corrected chi connectivity index (χ2v) is 18.2. The summed E-state index contributed by atoms with van der Waals surface area (Å²) >= 11 is 3.67. The fourth-order valence-corrected chi connectivity index (χ4v) is 6.65. The van der Waals surface area contributed by atoms with E-state index in [1.54, 1.807) is 28.1 Å². The van der Waals surface area contributed by atoms with Gasteiger partial charge in [-0.3, -0.25) is 9.59 Å². The number of rotatable bonds is 8. The molecule has 1 N–H and O–H groups in total. The van der Waals surface area contributed by atoms with Gasteiger partial charge in [0.1, 0.15) is 23.7 Å². The number of nitrogens with one attached hydrogen (secondary N) is 1. The standard InChI is InChI=1S/C33H35BrFN5O3Si/c1-33(2,3)44(4,5)43-25-10-8-22-9-11-27(34)31(26(22)16-25)40-13-12-29(32(40)42)38-30(41)15-24-18-37-20-39(24)19-21-6-7-23(17-36)28(35)14-21/h6-11,14,16,18,20,29H,12-13,15,19H2,1-5H3,(H,38,41). The number of hydrogen-bond donors (Lipinski definition) is 1. The third-order valence-electron chi connectivity index (χ3n) is 8.55. The summed E-state index contributed by atoms with van der Waals surface area (Å²) in [6.45, 7) is 11.7. The lowest BCUT2D eigenvalue weighted by molar-refractivity contribution is -0.126. The van der Waals surface area contributed by atoms with E-state index in [1.165, 1.54) is 12.1 Å². The van der Waals surface area contributed by atoms with Gasteiger partial charge < -0.3 is 19.2 Å². The summed E-state index contributed by atoms with van der Waals surface area (Å²) in [5, 5.41) is 13.8. The number of benzene rings is 3. The van der Waals surface area contributed by atoms with Gasteiger partial charge in [0.05, 0.1) is 24.0 Å². The Morgan fingerprint density at radius 1 is 1.20 bits per heavy atom. The molecule has 2 amide bonds. The molecule has 228 valence electrons. The van der Waals surface area contributed by atoms with Gasteiger partial charge >= 0.3 is 0 Å².